The van der Waals surface area contributed by atoms with Crippen LogP contribution in [0.4, 0.5) is 11.4 Å². The summed E-state index contributed by atoms with van der Waals surface area (Å²) in [5.41, 5.74) is 0.212. The molecule has 1 aromatic rings. The Balaban J connectivity index is 2.57. The number of aromatic nitrogens is 1. The second-order valence-electron chi connectivity index (χ2n) is 6.33. The van der Waals surface area contributed by atoms with Gasteiger partial charge in [0.1, 0.15) is 11.9 Å². The molecule has 1 fully saturated rings. The number of anilines is 1. The highest BCUT2D eigenvalue weighted by Gasteiger charge is 2.30. The number of sulfone groups is 1. The lowest BCUT2D eigenvalue weighted by molar-refractivity contribution is -0.384. The van der Waals surface area contributed by atoms with Crippen LogP contribution in [0.25, 0.3) is 0 Å². The smallest absolute Gasteiger partial charge is 0.310 e. The molecule has 0 atom stereocenters. The third kappa shape index (κ3) is 3.99. The maximum atomic E-state index is 11.8. The Labute approximate surface area is 136 Å². The molecule has 8 heteroatoms. The number of nitrogens with zero attached hydrogens (tertiary/aromatic N) is 3. The van der Waals surface area contributed by atoms with E-state index in [0.29, 0.717) is 5.69 Å². The summed E-state index contributed by atoms with van der Waals surface area (Å²) in [5.74, 6) is 0. The zero-order valence-corrected chi connectivity index (χ0v) is 14.5. The molecular formula is C15H23N3O4S. The molecule has 7 nitrogen and oxygen atoms in total. The fourth-order valence-corrected chi connectivity index (χ4v) is 3.79. The van der Waals surface area contributed by atoms with Crippen molar-refractivity contribution in [3.05, 3.63) is 22.4 Å². The highest BCUT2D eigenvalue weighted by Crippen LogP contribution is 2.35. The third-order valence-corrected chi connectivity index (χ3v) is 5.20. The van der Waals surface area contributed by atoms with Crippen LogP contribution in [0.1, 0.15) is 46.0 Å². The first-order valence-corrected chi connectivity index (χ1v) is 9.73. The average molecular weight is 341 g/mol. The van der Waals surface area contributed by atoms with Gasteiger partial charge in [-0.2, -0.15) is 0 Å². The Morgan fingerprint density at radius 3 is 2.39 bits per heavy atom. The molecule has 1 saturated carbocycles. The minimum atomic E-state index is -3.52. The minimum Gasteiger partial charge on any atom is -0.360 e. The van der Waals surface area contributed by atoms with Crippen molar-refractivity contribution in [3.63, 3.8) is 0 Å². The monoisotopic (exact) mass is 341 g/mol. The van der Waals surface area contributed by atoms with Crippen molar-refractivity contribution in [2.45, 2.75) is 63.1 Å². The van der Waals surface area contributed by atoms with Gasteiger partial charge in [-0.15, -0.1) is 0 Å². The van der Waals surface area contributed by atoms with Crippen LogP contribution < -0.4 is 4.90 Å². The summed E-state index contributed by atoms with van der Waals surface area (Å²) in [7, 11) is -3.52. The van der Waals surface area contributed by atoms with Crippen LogP contribution in [0, 0.1) is 10.1 Å². The first kappa shape index (κ1) is 17.7. The van der Waals surface area contributed by atoms with E-state index in [2.05, 4.69) is 4.98 Å². The van der Waals surface area contributed by atoms with Crippen LogP contribution in [0.2, 0.25) is 0 Å². The van der Waals surface area contributed by atoms with Gasteiger partial charge in [0.2, 0.25) is 0 Å². The van der Waals surface area contributed by atoms with Crippen LogP contribution >= 0.6 is 0 Å². The quantitative estimate of drug-likeness (QED) is 0.604. The van der Waals surface area contributed by atoms with Gasteiger partial charge in [0.05, 0.1) is 4.92 Å². The van der Waals surface area contributed by atoms with Gasteiger partial charge in [-0.3, -0.25) is 10.1 Å². The largest absolute Gasteiger partial charge is 0.360 e. The van der Waals surface area contributed by atoms with Crippen molar-refractivity contribution in [3.8, 4) is 0 Å². The molecule has 0 aliphatic heterocycles. The van der Waals surface area contributed by atoms with Gasteiger partial charge < -0.3 is 4.90 Å². The summed E-state index contributed by atoms with van der Waals surface area (Å²) in [4.78, 5) is 16.6. The second-order valence-corrected chi connectivity index (χ2v) is 8.30. The van der Waals surface area contributed by atoms with Gasteiger partial charge in [0.25, 0.3) is 0 Å². The fourth-order valence-electron chi connectivity index (χ4n) is 3.23. The molecular weight excluding hydrogens is 318 g/mol. The number of hydrogen-bond donors (Lipinski definition) is 0. The van der Waals surface area contributed by atoms with Crippen molar-refractivity contribution in [1.82, 2.24) is 4.98 Å². The fraction of sp³-hybridized carbons (Fsp3) is 0.667. The van der Waals surface area contributed by atoms with Gasteiger partial charge in [-0.1, -0.05) is 19.3 Å². The van der Waals surface area contributed by atoms with Gasteiger partial charge in [-0.05, 0) is 26.7 Å². The number of nitro groups is 1. The number of pyridine rings is 1. The summed E-state index contributed by atoms with van der Waals surface area (Å²) in [6.45, 7) is 3.94. The Hall–Kier alpha value is -1.70. The Kier molecular flexibility index (Phi) is 5.23. The first-order valence-electron chi connectivity index (χ1n) is 7.84. The van der Waals surface area contributed by atoms with E-state index in [4.69, 9.17) is 0 Å². The highest BCUT2D eigenvalue weighted by atomic mass is 32.2. The standard InChI is InChI=1S/C15H23N3O4S/c1-11(2)17(12-7-5-4-6-8-12)13-9-15(23(3,21)22)16-10-14(13)18(19)20/h9-12H,4-8H2,1-3H3. The molecule has 0 saturated heterocycles. The Morgan fingerprint density at radius 2 is 1.91 bits per heavy atom. The molecule has 0 N–H and O–H groups in total. The predicted molar refractivity (Wildman–Crippen MR) is 88.5 cm³/mol. The van der Waals surface area contributed by atoms with Gasteiger partial charge in [0, 0.05) is 24.4 Å². The maximum absolute atomic E-state index is 11.8. The van der Waals surface area contributed by atoms with Crippen LogP contribution in [0.3, 0.4) is 0 Å². The summed E-state index contributed by atoms with van der Waals surface area (Å²) in [6, 6.07) is 1.58. The Morgan fingerprint density at radius 1 is 1.30 bits per heavy atom. The molecule has 2 rings (SSSR count). The van der Waals surface area contributed by atoms with Crippen LogP contribution in [-0.2, 0) is 9.84 Å². The van der Waals surface area contributed by atoms with Crippen molar-refractivity contribution < 1.29 is 13.3 Å². The summed E-state index contributed by atoms with van der Waals surface area (Å²) < 4.78 is 23.6. The summed E-state index contributed by atoms with van der Waals surface area (Å²) in [6.07, 6.45) is 7.40. The lowest BCUT2D eigenvalue weighted by Crippen LogP contribution is -2.42. The molecule has 1 heterocycles. The first-order chi connectivity index (χ1) is 10.7. The third-order valence-electron chi connectivity index (χ3n) is 4.22. The van der Waals surface area contributed by atoms with E-state index in [1.54, 1.807) is 0 Å². The van der Waals surface area contributed by atoms with Gasteiger partial charge >= 0.3 is 5.69 Å². The SMILES string of the molecule is CC(C)N(c1cc(S(C)(=O)=O)ncc1[N+](=O)[O-])C1CCCCC1. The molecule has 0 radical (unpaired) electrons. The summed E-state index contributed by atoms with van der Waals surface area (Å²) >= 11 is 0. The van der Waals surface area contributed by atoms with E-state index in [9.17, 15) is 18.5 Å². The summed E-state index contributed by atoms with van der Waals surface area (Å²) in [5, 5.41) is 11.3. The molecule has 1 aliphatic rings. The average Bonchev–Trinajstić information content (AvgIpc) is 2.47. The lowest BCUT2D eigenvalue weighted by atomic mass is 9.93. The van der Waals surface area contributed by atoms with Crippen molar-refractivity contribution >= 4 is 21.2 Å². The van der Waals surface area contributed by atoms with Gasteiger partial charge in [-0.25, -0.2) is 13.4 Å². The predicted octanol–water partition coefficient (Wildman–Crippen LogP) is 2.94. The molecule has 0 bridgehead atoms. The van der Waals surface area contributed by atoms with E-state index in [0.717, 1.165) is 38.1 Å². The molecule has 1 aliphatic carbocycles. The molecule has 1 aromatic heterocycles. The van der Waals surface area contributed by atoms with Crippen molar-refractivity contribution in [2.75, 3.05) is 11.2 Å². The van der Waals surface area contributed by atoms with Crippen LogP contribution in [0.15, 0.2) is 17.3 Å². The number of rotatable bonds is 5. The number of hydrogen-bond acceptors (Lipinski definition) is 6. The zero-order valence-electron chi connectivity index (χ0n) is 13.7. The minimum absolute atomic E-state index is 0.0339. The molecule has 23 heavy (non-hydrogen) atoms. The van der Waals surface area contributed by atoms with E-state index < -0.39 is 14.8 Å². The van der Waals surface area contributed by atoms with Crippen LogP contribution in [0.5, 0.6) is 0 Å². The highest BCUT2D eigenvalue weighted by molar-refractivity contribution is 7.90. The molecule has 0 unspecified atom stereocenters. The molecule has 0 amide bonds. The van der Waals surface area contributed by atoms with Crippen molar-refractivity contribution in [1.29, 1.82) is 0 Å². The van der Waals surface area contributed by atoms with E-state index in [1.165, 1.54) is 12.5 Å². The zero-order chi connectivity index (χ0) is 17.2. The maximum Gasteiger partial charge on any atom is 0.310 e. The molecule has 128 valence electrons. The van der Waals surface area contributed by atoms with E-state index in [1.807, 2.05) is 18.7 Å². The van der Waals surface area contributed by atoms with E-state index >= 15 is 0 Å². The van der Waals surface area contributed by atoms with Crippen molar-refractivity contribution in [2.24, 2.45) is 0 Å². The molecule has 0 aromatic carbocycles. The Bertz CT molecular complexity index is 682. The van der Waals surface area contributed by atoms with E-state index in [-0.39, 0.29) is 22.8 Å². The van der Waals surface area contributed by atoms with Crippen LogP contribution in [-0.4, -0.2) is 36.7 Å². The second kappa shape index (κ2) is 6.82. The normalized spacial score (nSPS) is 16.5. The topological polar surface area (TPSA) is 93.4 Å². The molecule has 0 spiro atoms. The van der Waals surface area contributed by atoms with Gasteiger partial charge in [0.15, 0.2) is 14.9 Å². The lowest BCUT2D eigenvalue weighted by Gasteiger charge is -2.38.